The van der Waals surface area contributed by atoms with Crippen LogP contribution >= 0.6 is 27.3 Å². The van der Waals surface area contributed by atoms with E-state index in [0.717, 1.165) is 9.35 Å². The van der Waals surface area contributed by atoms with E-state index >= 15 is 0 Å². The monoisotopic (exact) mass is 329 g/mol. The summed E-state index contributed by atoms with van der Waals surface area (Å²) in [5.74, 6) is -1.09. The van der Waals surface area contributed by atoms with Crippen molar-refractivity contribution in [3.63, 3.8) is 0 Å². The van der Waals surface area contributed by atoms with E-state index in [9.17, 15) is 15.3 Å². The van der Waals surface area contributed by atoms with Gasteiger partial charge in [0.05, 0.1) is 0 Å². The minimum atomic E-state index is -0.480. The Labute approximate surface area is 117 Å². The lowest BCUT2D eigenvalue weighted by Crippen LogP contribution is -2.12. The highest BCUT2D eigenvalue weighted by molar-refractivity contribution is 9.10. The lowest BCUT2D eigenvalue weighted by molar-refractivity contribution is 0.364. The Balaban J connectivity index is 1.99. The van der Waals surface area contributed by atoms with E-state index in [1.54, 1.807) is 17.4 Å². The summed E-state index contributed by atoms with van der Waals surface area (Å²) in [5, 5.41) is 33.4. The number of nitrogens with one attached hydrogen (secondary N) is 1. The zero-order valence-corrected chi connectivity index (χ0v) is 11.8. The minimum absolute atomic E-state index is 0.284. The maximum absolute atomic E-state index is 9.63. The summed E-state index contributed by atoms with van der Waals surface area (Å²) in [6.45, 7) is 1.07. The SMILES string of the molecule is Oc1ccc(CNCc2sccc2Br)c(O)c1O. The number of phenolic OH excluding ortho intramolecular Hbond substituents is 3. The second-order valence-electron chi connectivity index (χ2n) is 3.74. The van der Waals surface area contributed by atoms with Crippen molar-refractivity contribution in [2.75, 3.05) is 0 Å². The van der Waals surface area contributed by atoms with Gasteiger partial charge in [-0.05, 0) is 33.4 Å². The first-order chi connectivity index (χ1) is 8.59. The normalized spacial score (nSPS) is 10.7. The molecule has 1 aromatic carbocycles. The van der Waals surface area contributed by atoms with Crippen LogP contribution in [0, 0.1) is 0 Å². The quantitative estimate of drug-likeness (QED) is 0.651. The van der Waals surface area contributed by atoms with E-state index in [-0.39, 0.29) is 11.5 Å². The smallest absolute Gasteiger partial charge is 0.200 e. The molecule has 0 aliphatic carbocycles. The van der Waals surface area contributed by atoms with Crippen molar-refractivity contribution >= 4 is 27.3 Å². The van der Waals surface area contributed by atoms with E-state index in [2.05, 4.69) is 21.2 Å². The fourth-order valence-electron chi connectivity index (χ4n) is 1.52. The number of hydrogen-bond acceptors (Lipinski definition) is 5. The van der Waals surface area contributed by atoms with Crippen LogP contribution in [0.4, 0.5) is 0 Å². The van der Waals surface area contributed by atoms with Gasteiger partial charge < -0.3 is 20.6 Å². The Bertz CT molecular complexity index is 556. The molecule has 0 spiro atoms. The average Bonchev–Trinajstić information content (AvgIpc) is 2.75. The molecule has 4 nitrogen and oxygen atoms in total. The molecule has 0 aliphatic heterocycles. The molecule has 0 unspecified atom stereocenters. The molecule has 2 aromatic rings. The standard InChI is InChI=1S/C12H12BrNO3S/c13-8-3-4-18-10(8)6-14-5-7-1-2-9(15)12(17)11(7)16/h1-4,14-17H,5-6H2. The van der Waals surface area contributed by atoms with Gasteiger partial charge in [0.1, 0.15) is 0 Å². The predicted octanol–water partition coefficient (Wildman–Crippen LogP) is 2.92. The summed E-state index contributed by atoms with van der Waals surface area (Å²) < 4.78 is 1.05. The Morgan fingerprint density at radius 2 is 1.83 bits per heavy atom. The molecule has 1 heterocycles. The first-order valence-corrected chi connectivity index (χ1v) is 6.92. The number of halogens is 1. The molecule has 0 amide bonds. The van der Waals surface area contributed by atoms with Gasteiger partial charge in [0, 0.05) is 28.0 Å². The van der Waals surface area contributed by atoms with Gasteiger partial charge in [0.2, 0.25) is 5.75 Å². The fraction of sp³-hybridized carbons (Fsp3) is 0.167. The molecular weight excluding hydrogens is 318 g/mol. The van der Waals surface area contributed by atoms with Gasteiger partial charge in [0.15, 0.2) is 11.5 Å². The van der Waals surface area contributed by atoms with Crippen LogP contribution in [0.5, 0.6) is 17.2 Å². The van der Waals surface area contributed by atoms with Crippen molar-refractivity contribution in [1.29, 1.82) is 0 Å². The Morgan fingerprint density at radius 3 is 2.50 bits per heavy atom. The summed E-state index contributed by atoms with van der Waals surface area (Å²) in [6.07, 6.45) is 0. The summed E-state index contributed by atoms with van der Waals surface area (Å²) in [6, 6.07) is 4.90. The van der Waals surface area contributed by atoms with Gasteiger partial charge in [0.25, 0.3) is 0 Å². The number of aromatic hydroxyl groups is 3. The van der Waals surface area contributed by atoms with Crippen molar-refractivity contribution in [3.05, 3.63) is 38.5 Å². The molecular formula is C12H12BrNO3S. The van der Waals surface area contributed by atoms with Crippen LogP contribution in [0.1, 0.15) is 10.4 Å². The first kappa shape index (κ1) is 13.2. The summed E-state index contributed by atoms with van der Waals surface area (Å²) in [4.78, 5) is 1.16. The third-order valence-corrected chi connectivity index (χ3v) is 4.43. The van der Waals surface area contributed by atoms with Crippen molar-refractivity contribution in [2.24, 2.45) is 0 Å². The maximum Gasteiger partial charge on any atom is 0.200 e. The molecule has 0 atom stereocenters. The second-order valence-corrected chi connectivity index (χ2v) is 5.59. The van der Waals surface area contributed by atoms with Crippen LogP contribution in [0.3, 0.4) is 0 Å². The van der Waals surface area contributed by atoms with Gasteiger partial charge in [-0.1, -0.05) is 6.07 Å². The molecule has 0 fully saturated rings. The van der Waals surface area contributed by atoms with Crippen LogP contribution in [0.25, 0.3) is 0 Å². The largest absolute Gasteiger partial charge is 0.504 e. The topological polar surface area (TPSA) is 72.7 Å². The van der Waals surface area contributed by atoms with Crippen molar-refractivity contribution in [2.45, 2.75) is 13.1 Å². The van der Waals surface area contributed by atoms with E-state index in [1.165, 1.54) is 6.07 Å². The molecule has 0 aliphatic rings. The minimum Gasteiger partial charge on any atom is -0.504 e. The highest BCUT2D eigenvalue weighted by atomic mass is 79.9. The second kappa shape index (κ2) is 5.60. The third kappa shape index (κ3) is 2.77. The van der Waals surface area contributed by atoms with Crippen molar-refractivity contribution < 1.29 is 15.3 Å². The van der Waals surface area contributed by atoms with E-state index in [1.807, 2.05) is 11.4 Å². The zero-order chi connectivity index (χ0) is 13.1. The number of hydrogen-bond donors (Lipinski definition) is 4. The Kier molecular flexibility index (Phi) is 4.11. The van der Waals surface area contributed by atoms with Crippen LogP contribution in [-0.2, 0) is 13.1 Å². The molecule has 4 N–H and O–H groups in total. The number of phenols is 3. The Hall–Kier alpha value is -1.24. The van der Waals surface area contributed by atoms with Crippen LogP contribution in [-0.4, -0.2) is 15.3 Å². The molecule has 0 radical (unpaired) electrons. The molecule has 0 saturated carbocycles. The highest BCUT2D eigenvalue weighted by Gasteiger charge is 2.10. The summed E-state index contributed by atoms with van der Waals surface area (Å²) in [7, 11) is 0. The van der Waals surface area contributed by atoms with Gasteiger partial charge in [-0.3, -0.25) is 0 Å². The van der Waals surface area contributed by atoms with E-state index in [4.69, 9.17) is 0 Å². The molecule has 1 aromatic heterocycles. The molecule has 6 heteroatoms. The van der Waals surface area contributed by atoms with Crippen LogP contribution < -0.4 is 5.32 Å². The fourth-order valence-corrected chi connectivity index (χ4v) is 2.98. The third-order valence-electron chi connectivity index (χ3n) is 2.51. The molecule has 18 heavy (non-hydrogen) atoms. The van der Waals surface area contributed by atoms with Gasteiger partial charge in [-0.2, -0.15) is 0 Å². The van der Waals surface area contributed by atoms with Gasteiger partial charge in [-0.15, -0.1) is 11.3 Å². The van der Waals surface area contributed by atoms with Gasteiger partial charge >= 0.3 is 0 Å². The lowest BCUT2D eigenvalue weighted by Gasteiger charge is -2.08. The number of benzene rings is 1. The first-order valence-electron chi connectivity index (χ1n) is 5.25. The Morgan fingerprint density at radius 1 is 1.06 bits per heavy atom. The maximum atomic E-state index is 9.63. The zero-order valence-electron chi connectivity index (χ0n) is 9.35. The number of thiophene rings is 1. The average molecular weight is 330 g/mol. The van der Waals surface area contributed by atoms with Crippen molar-refractivity contribution in [1.82, 2.24) is 5.32 Å². The van der Waals surface area contributed by atoms with Crippen molar-refractivity contribution in [3.8, 4) is 17.2 Å². The molecule has 2 rings (SSSR count). The summed E-state index contributed by atoms with van der Waals surface area (Å²) in [5.41, 5.74) is 0.540. The van der Waals surface area contributed by atoms with Crippen LogP contribution in [0.15, 0.2) is 28.1 Å². The van der Waals surface area contributed by atoms with E-state index in [0.29, 0.717) is 18.7 Å². The predicted molar refractivity (Wildman–Crippen MR) is 74.0 cm³/mol. The highest BCUT2D eigenvalue weighted by Crippen LogP contribution is 2.36. The van der Waals surface area contributed by atoms with Gasteiger partial charge in [-0.25, -0.2) is 0 Å². The number of rotatable bonds is 4. The lowest BCUT2D eigenvalue weighted by atomic mass is 10.1. The molecule has 0 bridgehead atoms. The summed E-state index contributed by atoms with van der Waals surface area (Å²) >= 11 is 5.07. The van der Waals surface area contributed by atoms with Crippen LogP contribution in [0.2, 0.25) is 0 Å². The molecule has 96 valence electrons. The van der Waals surface area contributed by atoms with E-state index < -0.39 is 5.75 Å². The molecule has 0 saturated heterocycles.